The Labute approximate surface area is 141 Å². The number of rotatable bonds is 5. The largest absolute Gasteiger partial charge is 0.490 e. The third-order valence-corrected chi connectivity index (χ3v) is 6.28. The Morgan fingerprint density at radius 1 is 1.38 bits per heavy atom. The lowest BCUT2D eigenvalue weighted by molar-refractivity contribution is 0.220. The minimum Gasteiger partial charge on any atom is -0.490 e. The van der Waals surface area contributed by atoms with Crippen molar-refractivity contribution >= 4 is 10.0 Å². The SMILES string of the molecule is CC1Cc2cc(S(=O)(=O)NC3CC(Cn4ccnc4)C3)ccc2O1. The maximum absolute atomic E-state index is 12.6. The third kappa shape index (κ3) is 3.06. The lowest BCUT2D eigenvalue weighted by Crippen LogP contribution is -2.45. The van der Waals surface area contributed by atoms with Gasteiger partial charge < -0.3 is 9.30 Å². The number of fused-ring (bicyclic) bond motifs is 1. The summed E-state index contributed by atoms with van der Waals surface area (Å²) < 4.78 is 35.6. The second-order valence-corrected chi connectivity index (χ2v) is 8.53. The molecule has 0 amide bonds. The molecule has 1 saturated carbocycles. The van der Waals surface area contributed by atoms with E-state index in [1.165, 1.54) is 0 Å². The smallest absolute Gasteiger partial charge is 0.240 e. The summed E-state index contributed by atoms with van der Waals surface area (Å²) in [6, 6.07) is 5.14. The van der Waals surface area contributed by atoms with E-state index in [2.05, 4.69) is 9.71 Å². The second-order valence-electron chi connectivity index (χ2n) is 6.82. The molecule has 1 unspecified atom stereocenters. The van der Waals surface area contributed by atoms with E-state index in [0.717, 1.165) is 37.1 Å². The summed E-state index contributed by atoms with van der Waals surface area (Å²) in [7, 11) is -3.47. The molecule has 1 aliphatic carbocycles. The fourth-order valence-corrected chi connectivity index (χ4v) is 4.84. The van der Waals surface area contributed by atoms with Crippen LogP contribution >= 0.6 is 0 Å². The number of imidazole rings is 1. The van der Waals surface area contributed by atoms with Gasteiger partial charge in [-0.25, -0.2) is 18.1 Å². The van der Waals surface area contributed by atoms with Crippen molar-refractivity contribution in [3.8, 4) is 5.75 Å². The zero-order chi connectivity index (χ0) is 16.7. The Bertz CT molecular complexity index is 827. The van der Waals surface area contributed by atoms with Crippen LogP contribution in [-0.2, 0) is 23.0 Å². The van der Waals surface area contributed by atoms with Gasteiger partial charge >= 0.3 is 0 Å². The van der Waals surface area contributed by atoms with Crippen LogP contribution in [0.5, 0.6) is 5.75 Å². The van der Waals surface area contributed by atoms with Crippen LogP contribution in [0, 0.1) is 5.92 Å². The normalized spacial score (nSPS) is 25.8. The molecule has 2 heterocycles. The van der Waals surface area contributed by atoms with E-state index in [1.54, 1.807) is 30.7 Å². The fraction of sp³-hybridized carbons (Fsp3) is 0.471. The van der Waals surface area contributed by atoms with Gasteiger partial charge in [-0.2, -0.15) is 0 Å². The van der Waals surface area contributed by atoms with Crippen LogP contribution in [0.3, 0.4) is 0 Å². The van der Waals surface area contributed by atoms with Crippen LogP contribution in [-0.4, -0.2) is 30.1 Å². The number of sulfonamides is 1. The van der Waals surface area contributed by atoms with Gasteiger partial charge in [0.05, 0.1) is 11.2 Å². The van der Waals surface area contributed by atoms with Crippen LogP contribution in [0.25, 0.3) is 0 Å². The highest BCUT2D eigenvalue weighted by molar-refractivity contribution is 7.89. The first-order chi connectivity index (χ1) is 11.5. The van der Waals surface area contributed by atoms with E-state index < -0.39 is 10.0 Å². The average molecular weight is 347 g/mol. The molecule has 1 atom stereocenters. The lowest BCUT2D eigenvalue weighted by atomic mass is 9.81. The Morgan fingerprint density at radius 3 is 2.96 bits per heavy atom. The zero-order valence-corrected chi connectivity index (χ0v) is 14.4. The molecule has 1 fully saturated rings. The van der Waals surface area contributed by atoms with Crippen LogP contribution in [0.4, 0.5) is 0 Å². The molecule has 6 nitrogen and oxygen atoms in total. The maximum atomic E-state index is 12.6. The van der Waals surface area contributed by atoms with Gasteiger partial charge in [0.25, 0.3) is 0 Å². The minimum absolute atomic E-state index is 0.0203. The van der Waals surface area contributed by atoms with Crippen LogP contribution in [0.1, 0.15) is 25.3 Å². The van der Waals surface area contributed by atoms with Crippen molar-refractivity contribution in [3.05, 3.63) is 42.5 Å². The van der Waals surface area contributed by atoms with E-state index in [4.69, 9.17) is 4.74 Å². The molecule has 0 saturated heterocycles. The molecule has 2 aromatic rings. The summed E-state index contributed by atoms with van der Waals surface area (Å²) in [5.41, 5.74) is 0.969. The molecule has 4 rings (SSSR count). The van der Waals surface area contributed by atoms with Crippen molar-refractivity contribution in [1.29, 1.82) is 0 Å². The zero-order valence-electron chi connectivity index (χ0n) is 13.6. The summed E-state index contributed by atoms with van der Waals surface area (Å²) in [6.45, 7) is 2.88. The van der Waals surface area contributed by atoms with Crippen molar-refractivity contribution in [2.45, 2.75) is 49.8 Å². The number of ether oxygens (including phenoxy) is 1. The Balaban J connectivity index is 1.37. The van der Waals surface area contributed by atoms with Gasteiger partial charge in [0.2, 0.25) is 10.0 Å². The van der Waals surface area contributed by atoms with E-state index in [0.29, 0.717) is 10.8 Å². The van der Waals surface area contributed by atoms with Crippen molar-refractivity contribution in [3.63, 3.8) is 0 Å². The van der Waals surface area contributed by atoms with Gasteiger partial charge in [0.1, 0.15) is 11.9 Å². The monoisotopic (exact) mass is 347 g/mol. The Morgan fingerprint density at radius 2 is 2.21 bits per heavy atom. The fourth-order valence-electron chi connectivity index (χ4n) is 3.53. The molecule has 1 aromatic carbocycles. The highest BCUT2D eigenvalue weighted by Crippen LogP contribution is 2.33. The summed E-state index contributed by atoms with van der Waals surface area (Å²) in [6.07, 6.45) is 8.09. The first-order valence-corrected chi connectivity index (χ1v) is 9.75. The predicted molar refractivity (Wildman–Crippen MR) is 89.3 cm³/mol. The first kappa shape index (κ1) is 15.7. The average Bonchev–Trinajstić information content (AvgIpc) is 3.11. The first-order valence-electron chi connectivity index (χ1n) is 8.27. The Hall–Kier alpha value is -1.86. The van der Waals surface area contributed by atoms with Crippen molar-refractivity contribution in [2.24, 2.45) is 5.92 Å². The molecule has 1 N–H and O–H groups in total. The molecule has 1 aromatic heterocycles. The lowest BCUT2D eigenvalue weighted by Gasteiger charge is -2.35. The van der Waals surface area contributed by atoms with E-state index in [9.17, 15) is 8.42 Å². The molecule has 1 aliphatic heterocycles. The van der Waals surface area contributed by atoms with E-state index in [-0.39, 0.29) is 12.1 Å². The minimum atomic E-state index is -3.47. The second kappa shape index (κ2) is 5.89. The Kier molecular flexibility index (Phi) is 3.85. The van der Waals surface area contributed by atoms with Crippen molar-refractivity contribution < 1.29 is 13.2 Å². The van der Waals surface area contributed by atoms with Crippen molar-refractivity contribution in [2.75, 3.05) is 0 Å². The highest BCUT2D eigenvalue weighted by atomic mass is 32.2. The van der Waals surface area contributed by atoms with Gasteiger partial charge in [0.15, 0.2) is 0 Å². The summed E-state index contributed by atoms with van der Waals surface area (Å²) in [4.78, 5) is 4.36. The summed E-state index contributed by atoms with van der Waals surface area (Å²) in [5.74, 6) is 1.30. The number of benzene rings is 1. The third-order valence-electron chi connectivity index (χ3n) is 4.76. The quantitative estimate of drug-likeness (QED) is 0.897. The standard InChI is InChI=1S/C17H21N3O3S/c1-12-6-14-9-16(2-3-17(14)23-12)24(21,22)19-15-7-13(8-15)10-20-5-4-18-11-20/h2-5,9,11-13,15,19H,6-8,10H2,1H3. The topological polar surface area (TPSA) is 73.2 Å². The van der Waals surface area contributed by atoms with E-state index in [1.807, 2.05) is 17.7 Å². The predicted octanol–water partition coefficient (Wildman–Crippen LogP) is 1.96. The number of hydrogen-bond acceptors (Lipinski definition) is 4. The number of nitrogens with zero attached hydrogens (tertiary/aromatic N) is 2. The molecular formula is C17H21N3O3S. The van der Waals surface area contributed by atoms with Crippen molar-refractivity contribution in [1.82, 2.24) is 14.3 Å². The molecule has 128 valence electrons. The molecule has 0 bridgehead atoms. The molecular weight excluding hydrogens is 326 g/mol. The van der Waals surface area contributed by atoms with Gasteiger partial charge in [-0.1, -0.05) is 0 Å². The molecule has 0 radical (unpaired) electrons. The van der Waals surface area contributed by atoms with Gasteiger partial charge in [-0.3, -0.25) is 0 Å². The van der Waals surface area contributed by atoms with Gasteiger partial charge in [-0.05, 0) is 49.4 Å². The number of nitrogens with one attached hydrogen (secondary N) is 1. The molecule has 7 heteroatoms. The van der Waals surface area contributed by atoms with Gasteiger partial charge in [0, 0.05) is 31.4 Å². The van der Waals surface area contributed by atoms with Crippen LogP contribution in [0.2, 0.25) is 0 Å². The van der Waals surface area contributed by atoms with Crippen LogP contribution < -0.4 is 9.46 Å². The molecule has 0 spiro atoms. The highest BCUT2D eigenvalue weighted by Gasteiger charge is 2.33. The maximum Gasteiger partial charge on any atom is 0.240 e. The van der Waals surface area contributed by atoms with Crippen LogP contribution in [0.15, 0.2) is 41.8 Å². The number of aromatic nitrogens is 2. The molecule has 2 aliphatic rings. The van der Waals surface area contributed by atoms with Gasteiger partial charge in [-0.15, -0.1) is 0 Å². The number of hydrogen-bond donors (Lipinski definition) is 1. The summed E-state index contributed by atoms with van der Waals surface area (Å²) >= 11 is 0. The molecule has 24 heavy (non-hydrogen) atoms. The van der Waals surface area contributed by atoms with E-state index >= 15 is 0 Å². The summed E-state index contributed by atoms with van der Waals surface area (Å²) in [5, 5.41) is 0.